The first kappa shape index (κ1) is 12.4. The fourth-order valence-corrected chi connectivity index (χ4v) is 1.65. The van der Waals surface area contributed by atoms with Crippen molar-refractivity contribution in [2.24, 2.45) is 5.92 Å². The fraction of sp³-hybridized carbons (Fsp3) is 0.429. The second-order valence-corrected chi connectivity index (χ2v) is 4.51. The Bertz CT molecular complexity index is 444. The topological polar surface area (TPSA) is 62.1 Å². The Morgan fingerprint density at radius 1 is 1.39 bits per heavy atom. The summed E-state index contributed by atoms with van der Waals surface area (Å²) in [5, 5.41) is 11.5. The van der Waals surface area contributed by atoms with Crippen LogP contribution in [-0.4, -0.2) is 19.1 Å². The van der Waals surface area contributed by atoms with Crippen molar-refractivity contribution in [3.63, 3.8) is 0 Å². The minimum absolute atomic E-state index is 0.0244. The molecular formula is C14H16N2O2. The molecule has 0 aromatic heterocycles. The van der Waals surface area contributed by atoms with Gasteiger partial charge in [-0.25, -0.2) is 0 Å². The first-order chi connectivity index (χ1) is 8.78. The third-order valence-corrected chi connectivity index (χ3v) is 2.93. The molecule has 1 N–H and O–H groups in total. The second kappa shape index (κ2) is 6.06. The largest absolute Gasteiger partial charge is 0.484 e. The number of amides is 1. The van der Waals surface area contributed by atoms with Crippen LogP contribution in [0.5, 0.6) is 5.75 Å². The molecule has 1 saturated carbocycles. The first-order valence-electron chi connectivity index (χ1n) is 6.17. The van der Waals surface area contributed by atoms with E-state index >= 15 is 0 Å². The van der Waals surface area contributed by atoms with E-state index in [-0.39, 0.29) is 12.5 Å². The molecular weight excluding hydrogens is 228 g/mol. The zero-order valence-electron chi connectivity index (χ0n) is 10.2. The lowest BCUT2D eigenvalue weighted by Gasteiger charge is -2.07. The highest BCUT2D eigenvalue weighted by molar-refractivity contribution is 5.77. The molecule has 1 aliphatic rings. The van der Waals surface area contributed by atoms with Crippen LogP contribution in [0.2, 0.25) is 0 Å². The fourth-order valence-electron chi connectivity index (χ4n) is 1.65. The summed E-state index contributed by atoms with van der Waals surface area (Å²) >= 11 is 0. The molecule has 0 aliphatic heterocycles. The zero-order chi connectivity index (χ0) is 12.8. The summed E-state index contributed by atoms with van der Waals surface area (Å²) in [6, 6.07) is 8.74. The number of nitrogens with zero attached hydrogens (tertiary/aromatic N) is 1. The maximum atomic E-state index is 11.5. The molecule has 0 atom stereocenters. The van der Waals surface area contributed by atoms with E-state index in [4.69, 9.17) is 10.00 Å². The van der Waals surface area contributed by atoms with Crippen molar-refractivity contribution >= 4 is 5.91 Å². The third-order valence-electron chi connectivity index (χ3n) is 2.93. The Morgan fingerprint density at radius 3 is 2.72 bits per heavy atom. The smallest absolute Gasteiger partial charge is 0.257 e. The van der Waals surface area contributed by atoms with Gasteiger partial charge in [0.15, 0.2) is 6.61 Å². The van der Waals surface area contributed by atoms with Gasteiger partial charge in [0, 0.05) is 6.54 Å². The SMILES string of the molecule is N#Cc1ccc(OCC(=O)NCCC2CC2)cc1. The number of benzene rings is 1. The van der Waals surface area contributed by atoms with Gasteiger partial charge in [-0.1, -0.05) is 12.8 Å². The molecule has 4 heteroatoms. The van der Waals surface area contributed by atoms with Gasteiger partial charge in [0.2, 0.25) is 0 Å². The van der Waals surface area contributed by atoms with Crippen LogP contribution in [0.1, 0.15) is 24.8 Å². The van der Waals surface area contributed by atoms with Crippen molar-refractivity contribution in [2.75, 3.05) is 13.2 Å². The summed E-state index contributed by atoms with van der Waals surface area (Å²) in [6.45, 7) is 0.761. The maximum absolute atomic E-state index is 11.5. The van der Waals surface area contributed by atoms with Gasteiger partial charge in [-0.05, 0) is 36.6 Å². The lowest BCUT2D eigenvalue weighted by atomic mass is 10.2. The molecule has 1 aliphatic carbocycles. The lowest BCUT2D eigenvalue weighted by Crippen LogP contribution is -2.29. The van der Waals surface area contributed by atoms with E-state index in [2.05, 4.69) is 5.32 Å². The summed E-state index contributed by atoms with van der Waals surface area (Å²) < 4.78 is 5.32. The van der Waals surface area contributed by atoms with Crippen LogP contribution in [0.3, 0.4) is 0 Å². The molecule has 18 heavy (non-hydrogen) atoms. The number of hydrogen-bond acceptors (Lipinski definition) is 3. The van der Waals surface area contributed by atoms with Gasteiger partial charge in [-0.15, -0.1) is 0 Å². The number of nitriles is 1. The molecule has 1 aromatic carbocycles. The summed E-state index contributed by atoms with van der Waals surface area (Å²) in [7, 11) is 0. The zero-order valence-corrected chi connectivity index (χ0v) is 10.2. The summed E-state index contributed by atoms with van der Waals surface area (Å²) in [5.41, 5.74) is 0.580. The van der Waals surface area contributed by atoms with E-state index < -0.39 is 0 Å². The number of carbonyl (C=O) groups is 1. The predicted molar refractivity (Wildman–Crippen MR) is 67.0 cm³/mol. The molecule has 2 rings (SSSR count). The van der Waals surface area contributed by atoms with Crippen molar-refractivity contribution in [1.29, 1.82) is 5.26 Å². The van der Waals surface area contributed by atoms with E-state index in [0.717, 1.165) is 18.9 Å². The highest BCUT2D eigenvalue weighted by Crippen LogP contribution is 2.31. The monoisotopic (exact) mass is 244 g/mol. The van der Waals surface area contributed by atoms with Gasteiger partial charge in [0.25, 0.3) is 5.91 Å². The number of rotatable bonds is 6. The van der Waals surface area contributed by atoms with Gasteiger partial charge in [0.05, 0.1) is 11.6 Å². The number of nitrogens with one attached hydrogen (secondary N) is 1. The van der Waals surface area contributed by atoms with Gasteiger partial charge >= 0.3 is 0 Å². The van der Waals surface area contributed by atoms with Crippen molar-refractivity contribution in [3.8, 4) is 11.8 Å². The summed E-state index contributed by atoms with van der Waals surface area (Å²) in [5.74, 6) is 1.33. The molecule has 0 unspecified atom stereocenters. The minimum atomic E-state index is -0.0972. The number of hydrogen-bond donors (Lipinski definition) is 1. The Balaban J connectivity index is 1.66. The Hall–Kier alpha value is -2.02. The Morgan fingerprint density at radius 2 is 2.11 bits per heavy atom. The molecule has 1 fully saturated rings. The summed E-state index contributed by atoms with van der Waals surface area (Å²) in [6.07, 6.45) is 3.68. The summed E-state index contributed by atoms with van der Waals surface area (Å²) in [4.78, 5) is 11.5. The van der Waals surface area contributed by atoms with Crippen LogP contribution in [0.25, 0.3) is 0 Å². The van der Waals surface area contributed by atoms with E-state index in [0.29, 0.717) is 11.3 Å². The quantitative estimate of drug-likeness (QED) is 0.830. The van der Waals surface area contributed by atoms with Crippen LogP contribution < -0.4 is 10.1 Å². The minimum Gasteiger partial charge on any atom is -0.484 e. The molecule has 1 aromatic rings. The second-order valence-electron chi connectivity index (χ2n) is 4.51. The van der Waals surface area contributed by atoms with Crippen molar-refractivity contribution in [3.05, 3.63) is 29.8 Å². The molecule has 4 nitrogen and oxygen atoms in total. The van der Waals surface area contributed by atoms with Crippen molar-refractivity contribution in [1.82, 2.24) is 5.32 Å². The van der Waals surface area contributed by atoms with Gasteiger partial charge in [-0.2, -0.15) is 5.26 Å². The molecule has 1 amide bonds. The molecule has 0 saturated heterocycles. The van der Waals surface area contributed by atoms with Crippen molar-refractivity contribution < 1.29 is 9.53 Å². The Labute approximate surface area is 107 Å². The molecule has 0 heterocycles. The van der Waals surface area contributed by atoms with Gasteiger partial charge in [-0.3, -0.25) is 4.79 Å². The average Bonchev–Trinajstić information content (AvgIpc) is 3.21. The van der Waals surface area contributed by atoms with E-state index in [9.17, 15) is 4.79 Å². The highest BCUT2D eigenvalue weighted by Gasteiger charge is 2.20. The molecule has 0 radical (unpaired) electrons. The van der Waals surface area contributed by atoms with E-state index in [1.54, 1.807) is 24.3 Å². The normalized spacial score (nSPS) is 13.7. The average molecular weight is 244 g/mol. The van der Waals surface area contributed by atoms with Gasteiger partial charge in [0.1, 0.15) is 5.75 Å². The van der Waals surface area contributed by atoms with Crippen LogP contribution >= 0.6 is 0 Å². The highest BCUT2D eigenvalue weighted by atomic mass is 16.5. The lowest BCUT2D eigenvalue weighted by molar-refractivity contribution is -0.123. The van der Waals surface area contributed by atoms with Crippen molar-refractivity contribution in [2.45, 2.75) is 19.3 Å². The predicted octanol–water partition coefficient (Wildman–Crippen LogP) is 1.85. The van der Waals surface area contributed by atoms with E-state index in [1.165, 1.54) is 12.8 Å². The third kappa shape index (κ3) is 4.10. The molecule has 0 spiro atoms. The van der Waals surface area contributed by atoms with Crippen LogP contribution in [0.4, 0.5) is 0 Å². The van der Waals surface area contributed by atoms with E-state index in [1.807, 2.05) is 6.07 Å². The standard InChI is InChI=1S/C14H16N2O2/c15-9-12-3-5-13(6-4-12)18-10-14(17)16-8-7-11-1-2-11/h3-6,11H,1-2,7-8,10H2,(H,16,17). The molecule has 0 bridgehead atoms. The Kier molecular flexibility index (Phi) is 4.19. The number of carbonyl (C=O) groups excluding carboxylic acids is 1. The maximum Gasteiger partial charge on any atom is 0.257 e. The van der Waals surface area contributed by atoms with Crippen LogP contribution in [0, 0.1) is 17.2 Å². The number of ether oxygens (including phenoxy) is 1. The molecule has 94 valence electrons. The van der Waals surface area contributed by atoms with Crippen LogP contribution in [0.15, 0.2) is 24.3 Å². The van der Waals surface area contributed by atoms with Crippen LogP contribution in [-0.2, 0) is 4.79 Å². The van der Waals surface area contributed by atoms with Gasteiger partial charge < -0.3 is 10.1 Å². The first-order valence-corrected chi connectivity index (χ1v) is 6.17.